The Kier molecular flexibility index (Phi) is 5.71. The highest BCUT2D eigenvalue weighted by Gasteiger charge is 2.35. The van der Waals surface area contributed by atoms with Gasteiger partial charge in [-0.15, -0.1) is 5.10 Å². The first-order chi connectivity index (χ1) is 14.4. The molecule has 6 nitrogen and oxygen atoms in total. The molecule has 2 aliphatic rings. The molecule has 1 aromatic heterocycles. The number of benzene rings is 1. The molecule has 8 heteroatoms. The van der Waals surface area contributed by atoms with E-state index in [0.29, 0.717) is 5.17 Å². The normalized spacial score (nSPS) is 17.5. The first-order valence-electron chi connectivity index (χ1n) is 9.84. The molecule has 4 rings (SSSR count). The van der Waals surface area contributed by atoms with Gasteiger partial charge in [0.2, 0.25) is 5.17 Å². The van der Waals surface area contributed by atoms with Crippen molar-refractivity contribution in [2.24, 2.45) is 10.1 Å². The van der Waals surface area contributed by atoms with Crippen LogP contribution in [0.25, 0.3) is 11.8 Å². The largest absolute Gasteiger partial charge is 0.318 e. The molecule has 3 heterocycles. The molecule has 1 N–H and O–H groups in total. The molecule has 0 radical (unpaired) electrons. The number of rotatable bonds is 4. The lowest BCUT2D eigenvalue weighted by Crippen LogP contribution is -2.35. The Labute approximate surface area is 184 Å². The third-order valence-electron chi connectivity index (χ3n) is 5.08. The Morgan fingerprint density at radius 1 is 1.20 bits per heavy atom. The number of thioether (sulfide) groups is 2. The van der Waals surface area contributed by atoms with E-state index in [0.717, 1.165) is 39.2 Å². The van der Waals surface area contributed by atoms with Gasteiger partial charge in [0.1, 0.15) is 0 Å². The minimum atomic E-state index is -0.395. The second-order valence-corrected chi connectivity index (χ2v) is 9.47. The van der Waals surface area contributed by atoms with E-state index in [-0.39, 0.29) is 11.4 Å². The fourth-order valence-electron chi connectivity index (χ4n) is 3.52. The van der Waals surface area contributed by atoms with Gasteiger partial charge in [0, 0.05) is 17.1 Å². The molecule has 0 spiro atoms. The Balaban J connectivity index is 1.70. The highest BCUT2D eigenvalue weighted by atomic mass is 32.2. The van der Waals surface area contributed by atoms with Crippen LogP contribution in [0.1, 0.15) is 36.4 Å². The maximum Gasteiger partial charge on any atom is 0.283 e. The second kappa shape index (κ2) is 8.28. The van der Waals surface area contributed by atoms with Gasteiger partial charge in [-0.1, -0.05) is 37.7 Å². The van der Waals surface area contributed by atoms with Gasteiger partial charge in [0.15, 0.2) is 10.2 Å². The molecule has 0 unspecified atom stereocenters. The highest BCUT2D eigenvalue weighted by Crippen LogP contribution is 2.33. The van der Waals surface area contributed by atoms with Crippen molar-refractivity contribution < 1.29 is 4.79 Å². The van der Waals surface area contributed by atoms with E-state index in [1.54, 1.807) is 17.8 Å². The summed E-state index contributed by atoms with van der Waals surface area (Å²) in [5.74, 6) is 0.553. The summed E-state index contributed by atoms with van der Waals surface area (Å²) < 4.78 is 2.97. The zero-order chi connectivity index (χ0) is 21.4. The molecule has 0 fully saturated rings. The van der Waals surface area contributed by atoms with Crippen LogP contribution in [0.3, 0.4) is 0 Å². The quantitative estimate of drug-likeness (QED) is 0.684. The molecule has 0 bridgehead atoms. The number of nitrogens with zero attached hydrogens (tertiary/aromatic N) is 4. The van der Waals surface area contributed by atoms with Crippen LogP contribution in [0.15, 0.2) is 46.0 Å². The summed E-state index contributed by atoms with van der Waals surface area (Å²) in [7, 11) is 0. The van der Waals surface area contributed by atoms with Crippen molar-refractivity contribution in [1.82, 2.24) is 9.58 Å². The minimum Gasteiger partial charge on any atom is -0.318 e. The number of aryl methyl sites for hydroxylation is 2. The van der Waals surface area contributed by atoms with Crippen LogP contribution in [-0.2, 0) is 11.2 Å². The zero-order valence-electron chi connectivity index (χ0n) is 17.4. The summed E-state index contributed by atoms with van der Waals surface area (Å²) >= 11 is 2.92. The van der Waals surface area contributed by atoms with E-state index >= 15 is 0 Å². The van der Waals surface area contributed by atoms with Crippen LogP contribution in [0.4, 0.5) is 0 Å². The lowest BCUT2D eigenvalue weighted by Gasteiger charge is -2.20. The summed E-state index contributed by atoms with van der Waals surface area (Å²) in [4.78, 5) is 16.8. The number of hydrazone groups is 1. The Morgan fingerprint density at radius 2 is 1.93 bits per heavy atom. The van der Waals surface area contributed by atoms with Crippen molar-refractivity contribution in [3.8, 4) is 5.69 Å². The van der Waals surface area contributed by atoms with Gasteiger partial charge in [-0.05, 0) is 73.2 Å². The van der Waals surface area contributed by atoms with E-state index in [1.165, 1.54) is 22.3 Å². The number of aromatic nitrogens is 1. The molecular formula is C22H23N5OS2. The van der Waals surface area contributed by atoms with Crippen LogP contribution < -0.4 is 0 Å². The summed E-state index contributed by atoms with van der Waals surface area (Å²) in [6, 6.07) is 10.5. The fraction of sp³-hybridized carbons (Fsp3) is 0.273. The number of amidine groups is 2. The molecule has 1 aromatic carbocycles. The maximum absolute atomic E-state index is 12.7. The number of carbonyl (C=O) groups is 1. The molecule has 0 saturated carbocycles. The van der Waals surface area contributed by atoms with Gasteiger partial charge in [0.25, 0.3) is 5.91 Å². The maximum atomic E-state index is 12.7. The molecule has 0 saturated heterocycles. The zero-order valence-corrected chi connectivity index (χ0v) is 19.0. The van der Waals surface area contributed by atoms with Gasteiger partial charge >= 0.3 is 0 Å². The third-order valence-corrected chi connectivity index (χ3v) is 7.00. The van der Waals surface area contributed by atoms with Crippen LogP contribution in [0.2, 0.25) is 0 Å². The van der Waals surface area contributed by atoms with E-state index in [1.807, 2.05) is 26.8 Å². The summed E-state index contributed by atoms with van der Waals surface area (Å²) in [5, 5.41) is 14.9. The van der Waals surface area contributed by atoms with Crippen LogP contribution in [0, 0.1) is 19.3 Å². The van der Waals surface area contributed by atoms with E-state index < -0.39 is 5.91 Å². The van der Waals surface area contributed by atoms with Crippen molar-refractivity contribution in [3.63, 3.8) is 0 Å². The first-order valence-corrected chi connectivity index (χ1v) is 11.6. The van der Waals surface area contributed by atoms with E-state index in [4.69, 9.17) is 5.41 Å². The van der Waals surface area contributed by atoms with Gasteiger partial charge < -0.3 is 4.57 Å². The molecule has 154 valence electrons. The van der Waals surface area contributed by atoms with Gasteiger partial charge in [-0.25, -0.2) is 0 Å². The molecule has 1 amide bonds. The van der Waals surface area contributed by atoms with Crippen molar-refractivity contribution in [3.05, 3.63) is 58.4 Å². The molecule has 30 heavy (non-hydrogen) atoms. The molecule has 2 aromatic rings. The topological polar surface area (TPSA) is 73.8 Å². The first kappa shape index (κ1) is 20.7. The molecular weight excluding hydrogens is 414 g/mol. The number of fused-ring (bicyclic) bond motifs is 1. The number of aliphatic imine (C=N–C) groups is 1. The number of hydrogen-bond donors (Lipinski definition) is 1. The van der Waals surface area contributed by atoms with Crippen molar-refractivity contribution in [2.75, 3.05) is 5.75 Å². The lowest BCUT2D eigenvalue weighted by atomic mass is 10.1. The van der Waals surface area contributed by atoms with Crippen molar-refractivity contribution in [2.45, 2.75) is 34.1 Å². The molecule has 0 atom stereocenters. The van der Waals surface area contributed by atoms with Crippen molar-refractivity contribution >= 4 is 50.9 Å². The Morgan fingerprint density at radius 3 is 2.60 bits per heavy atom. The highest BCUT2D eigenvalue weighted by molar-refractivity contribution is 8.45. The Bertz CT molecular complexity index is 1130. The average molecular weight is 438 g/mol. The van der Waals surface area contributed by atoms with Crippen molar-refractivity contribution in [1.29, 1.82) is 5.41 Å². The molecule has 2 aliphatic heterocycles. The second-order valence-electron chi connectivity index (χ2n) is 7.00. The van der Waals surface area contributed by atoms with Crippen LogP contribution in [0.5, 0.6) is 0 Å². The van der Waals surface area contributed by atoms with E-state index in [9.17, 15) is 4.79 Å². The van der Waals surface area contributed by atoms with Gasteiger partial charge in [-0.2, -0.15) is 10.0 Å². The van der Waals surface area contributed by atoms with E-state index in [2.05, 4.69) is 45.9 Å². The number of nitrogens with one attached hydrogen (secondary N) is 1. The fourth-order valence-corrected chi connectivity index (χ4v) is 5.35. The summed E-state index contributed by atoms with van der Waals surface area (Å²) in [5.41, 5.74) is 5.62. The number of hydrogen-bond acceptors (Lipinski definition) is 5. The minimum absolute atomic E-state index is 0.0707. The Hall–Kier alpha value is -2.58. The summed E-state index contributed by atoms with van der Waals surface area (Å²) in [6.07, 6.45) is 2.76. The molecule has 0 aliphatic carbocycles. The summed E-state index contributed by atoms with van der Waals surface area (Å²) in [6.45, 7) is 8.25. The van der Waals surface area contributed by atoms with Crippen LogP contribution in [-0.4, -0.2) is 36.6 Å². The van der Waals surface area contributed by atoms with Gasteiger partial charge in [-0.3, -0.25) is 10.2 Å². The SMILES string of the molecule is CCSC1=NN2C(=N)/C(=C\c3cc(C)n(-c4ccc(CC)cc4)c3C)C(=O)N=C2S1. The van der Waals surface area contributed by atoms with Gasteiger partial charge in [0.05, 0.1) is 5.57 Å². The number of amides is 1. The predicted molar refractivity (Wildman–Crippen MR) is 128 cm³/mol. The lowest BCUT2D eigenvalue weighted by molar-refractivity contribution is -0.114. The standard InChI is InChI=1S/C22H23N5OS2/c1-5-15-7-9-17(10-8-15)26-13(3)11-16(14(26)4)12-18-19(23)27-21(24-20(18)28)30-22(25-27)29-6-2/h7-12,23H,5-6H2,1-4H3/b18-12+,23-19?. The number of carbonyl (C=O) groups excluding carboxylic acids is 1. The smallest absolute Gasteiger partial charge is 0.283 e. The predicted octanol–water partition coefficient (Wildman–Crippen LogP) is 4.99. The monoisotopic (exact) mass is 437 g/mol. The average Bonchev–Trinajstić information content (AvgIpc) is 3.25. The van der Waals surface area contributed by atoms with Crippen LogP contribution >= 0.6 is 23.5 Å². The third kappa shape index (κ3) is 3.65.